The molecular weight excluding hydrogens is 336 g/mol. The van der Waals surface area contributed by atoms with E-state index in [0.29, 0.717) is 13.0 Å². The van der Waals surface area contributed by atoms with Crippen LogP contribution in [0, 0.1) is 0 Å². The third kappa shape index (κ3) is 12.0. The molecule has 1 aromatic carbocycles. The van der Waals surface area contributed by atoms with Crippen molar-refractivity contribution < 1.29 is 9.53 Å². The van der Waals surface area contributed by atoms with Crippen LogP contribution in [0.4, 0.5) is 0 Å². The predicted octanol–water partition coefficient (Wildman–Crippen LogP) is 6.01. The number of amides is 1. The molecule has 0 bridgehead atoms. The Kier molecular flexibility index (Phi) is 13.7. The van der Waals surface area contributed by atoms with Gasteiger partial charge in [-0.15, -0.1) is 0 Å². The first-order valence-electron chi connectivity index (χ1n) is 10.4. The van der Waals surface area contributed by atoms with Crippen LogP contribution in [-0.4, -0.2) is 18.7 Å². The maximum absolute atomic E-state index is 11.9. The van der Waals surface area contributed by atoms with E-state index >= 15 is 0 Å². The van der Waals surface area contributed by atoms with Crippen molar-refractivity contribution >= 4 is 12.1 Å². The molecular formula is C23H36N2O2. The van der Waals surface area contributed by atoms with E-state index < -0.39 is 0 Å². The lowest BCUT2D eigenvalue weighted by Gasteiger charge is -2.06. The molecule has 0 heterocycles. The number of rotatable bonds is 16. The molecule has 0 aliphatic carbocycles. The zero-order chi connectivity index (χ0) is 19.6. The van der Waals surface area contributed by atoms with E-state index in [1.54, 1.807) is 12.3 Å². The normalized spacial score (nSPS) is 10.9. The van der Waals surface area contributed by atoms with Gasteiger partial charge in [-0.3, -0.25) is 4.79 Å². The standard InChI is InChI=1S/C23H36N2O2/c1-3-5-6-7-8-9-10-11-12-13-18-23(26)25-24-20-21-16-14-15-17-22(21)27-19-4-2/h4,14-17,20H,2-3,5-13,18-19H2,1H3,(H,25,26)/b24-20-. The van der Waals surface area contributed by atoms with E-state index in [4.69, 9.17) is 4.74 Å². The molecule has 150 valence electrons. The van der Waals surface area contributed by atoms with Crippen molar-refractivity contribution in [3.63, 3.8) is 0 Å². The van der Waals surface area contributed by atoms with Gasteiger partial charge < -0.3 is 4.74 Å². The Morgan fingerprint density at radius 3 is 2.33 bits per heavy atom. The van der Waals surface area contributed by atoms with Crippen LogP contribution < -0.4 is 10.2 Å². The van der Waals surface area contributed by atoms with E-state index in [-0.39, 0.29) is 5.91 Å². The second-order valence-corrected chi connectivity index (χ2v) is 6.86. The first kappa shape index (κ1) is 22.9. The zero-order valence-corrected chi connectivity index (χ0v) is 16.9. The predicted molar refractivity (Wildman–Crippen MR) is 114 cm³/mol. The molecule has 0 aromatic heterocycles. The highest BCUT2D eigenvalue weighted by Gasteiger charge is 2.01. The molecule has 1 aromatic rings. The Labute approximate surface area is 165 Å². The number of carbonyl (C=O) groups excluding carboxylic acids is 1. The van der Waals surface area contributed by atoms with Gasteiger partial charge in [0.1, 0.15) is 12.4 Å². The summed E-state index contributed by atoms with van der Waals surface area (Å²) in [4.78, 5) is 11.9. The van der Waals surface area contributed by atoms with Crippen LogP contribution in [0.5, 0.6) is 5.75 Å². The van der Waals surface area contributed by atoms with Crippen molar-refractivity contribution in [2.45, 2.75) is 77.6 Å². The number of hydrogen-bond acceptors (Lipinski definition) is 3. The van der Waals surface area contributed by atoms with Gasteiger partial charge in [0.2, 0.25) is 5.91 Å². The number of nitrogens with one attached hydrogen (secondary N) is 1. The number of benzene rings is 1. The summed E-state index contributed by atoms with van der Waals surface area (Å²) in [7, 11) is 0. The van der Waals surface area contributed by atoms with Crippen molar-refractivity contribution in [3.05, 3.63) is 42.5 Å². The zero-order valence-electron chi connectivity index (χ0n) is 16.9. The molecule has 4 nitrogen and oxygen atoms in total. The van der Waals surface area contributed by atoms with Crippen LogP contribution in [0.15, 0.2) is 42.0 Å². The van der Waals surface area contributed by atoms with Crippen molar-refractivity contribution in [3.8, 4) is 5.75 Å². The van der Waals surface area contributed by atoms with Crippen LogP contribution in [0.2, 0.25) is 0 Å². The number of unbranched alkanes of at least 4 members (excludes halogenated alkanes) is 9. The summed E-state index contributed by atoms with van der Waals surface area (Å²) in [6, 6.07) is 7.58. The molecule has 0 aliphatic rings. The third-order valence-electron chi connectivity index (χ3n) is 4.43. The monoisotopic (exact) mass is 372 g/mol. The second-order valence-electron chi connectivity index (χ2n) is 6.86. The quantitative estimate of drug-likeness (QED) is 0.167. The van der Waals surface area contributed by atoms with Crippen LogP contribution >= 0.6 is 0 Å². The summed E-state index contributed by atoms with van der Waals surface area (Å²) in [5.41, 5.74) is 3.43. The molecule has 0 radical (unpaired) electrons. The van der Waals surface area contributed by atoms with Gasteiger partial charge in [-0.25, -0.2) is 5.43 Å². The van der Waals surface area contributed by atoms with Crippen LogP contribution in [0.1, 0.15) is 83.1 Å². The lowest BCUT2D eigenvalue weighted by atomic mass is 10.1. The number of hydrazone groups is 1. The van der Waals surface area contributed by atoms with Gasteiger partial charge in [-0.1, -0.05) is 89.5 Å². The molecule has 1 N–H and O–H groups in total. The number of hydrogen-bond donors (Lipinski definition) is 1. The molecule has 0 saturated heterocycles. The van der Waals surface area contributed by atoms with E-state index in [0.717, 1.165) is 24.2 Å². The van der Waals surface area contributed by atoms with Gasteiger partial charge in [-0.05, 0) is 18.6 Å². The Balaban J connectivity index is 2.10. The van der Waals surface area contributed by atoms with Crippen LogP contribution in [-0.2, 0) is 4.79 Å². The minimum absolute atomic E-state index is 0.0321. The first-order chi connectivity index (χ1) is 13.3. The molecule has 0 aliphatic heterocycles. The summed E-state index contributed by atoms with van der Waals surface area (Å²) in [6.07, 6.45) is 16.5. The molecule has 1 rings (SSSR count). The Morgan fingerprint density at radius 1 is 1.04 bits per heavy atom. The van der Waals surface area contributed by atoms with E-state index in [1.165, 1.54) is 51.4 Å². The largest absolute Gasteiger partial charge is 0.489 e. The van der Waals surface area contributed by atoms with E-state index in [2.05, 4.69) is 24.0 Å². The summed E-state index contributed by atoms with van der Waals surface area (Å²) < 4.78 is 5.56. The number of carbonyl (C=O) groups is 1. The molecule has 1 amide bonds. The van der Waals surface area contributed by atoms with Crippen molar-refractivity contribution in [1.29, 1.82) is 0 Å². The molecule has 0 atom stereocenters. The van der Waals surface area contributed by atoms with Crippen LogP contribution in [0.25, 0.3) is 0 Å². The second kappa shape index (κ2) is 16.1. The molecule has 0 saturated carbocycles. The van der Waals surface area contributed by atoms with E-state index in [1.807, 2.05) is 24.3 Å². The Hall–Kier alpha value is -2.10. The summed E-state index contributed by atoms with van der Waals surface area (Å²) in [6.45, 7) is 6.33. The molecule has 0 fully saturated rings. The lowest BCUT2D eigenvalue weighted by molar-refractivity contribution is -0.121. The number of ether oxygens (including phenoxy) is 1. The SMILES string of the molecule is C=CCOc1ccccc1/C=N\NC(=O)CCCCCCCCCCCC. The maximum Gasteiger partial charge on any atom is 0.240 e. The van der Waals surface area contributed by atoms with Gasteiger partial charge in [0.05, 0.1) is 6.21 Å². The van der Waals surface area contributed by atoms with Crippen molar-refractivity contribution in [2.24, 2.45) is 5.10 Å². The lowest BCUT2D eigenvalue weighted by Crippen LogP contribution is -2.17. The van der Waals surface area contributed by atoms with E-state index in [9.17, 15) is 4.79 Å². The van der Waals surface area contributed by atoms with Crippen molar-refractivity contribution in [2.75, 3.05) is 6.61 Å². The fraction of sp³-hybridized carbons (Fsp3) is 0.565. The molecule has 27 heavy (non-hydrogen) atoms. The average Bonchev–Trinajstić information content (AvgIpc) is 2.68. The first-order valence-corrected chi connectivity index (χ1v) is 10.4. The molecule has 0 unspecified atom stereocenters. The van der Waals surface area contributed by atoms with Gasteiger partial charge in [0.15, 0.2) is 0 Å². The van der Waals surface area contributed by atoms with Gasteiger partial charge in [-0.2, -0.15) is 5.10 Å². The minimum atomic E-state index is -0.0321. The summed E-state index contributed by atoms with van der Waals surface area (Å²) >= 11 is 0. The smallest absolute Gasteiger partial charge is 0.240 e. The Bertz CT molecular complexity index is 555. The van der Waals surface area contributed by atoms with Crippen molar-refractivity contribution in [1.82, 2.24) is 5.43 Å². The summed E-state index contributed by atoms with van der Waals surface area (Å²) in [5, 5.41) is 4.04. The molecule has 4 heteroatoms. The number of para-hydroxylation sites is 1. The van der Waals surface area contributed by atoms with Crippen LogP contribution in [0.3, 0.4) is 0 Å². The fourth-order valence-electron chi connectivity index (χ4n) is 2.87. The summed E-state index contributed by atoms with van der Waals surface area (Å²) in [5.74, 6) is 0.695. The topological polar surface area (TPSA) is 50.7 Å². The fourth-order valence-corrected chi connectivity index (χ4v) is 2.87. The molecule has 0 spiro atoms. The van der Waals surface area contributed by atoms with Gasteiger partial charge >= 0.3 is 0 Å². The Morgan fingerprint density at radius 2 is 1.67 bits per heavy atom. The maximum atomic E-state index is 11.9. The number of nitrogens with zero attached hydrogens (tertiary/aromatic N) is 1. The average molecular weight is 373 g/mol. The third-order valence-corrected chi connectivity index (χ3v) is 4.43. The van der Waals surface area contributed by atoms with Gasteiger partial charge in [0, 0.05) is 12.0 Å². The highest BCUT2D eigenvalue weighted by molar-refractivity contribution is 5.85. The highest BCUT2D eigenvalue weighted by Crippen LogP contribution is 2.15. The minimum Gasteiger partial charge on any atom is -0.489 e. The van der Waals surface area contributed by atoms with Gasteiger partial charge in [0.25, 0.3) is 0 Å². The highest BCUT2D eigenvalue weighted by atomic mass is 16.5.